The first kappa shape index (κ1) is 8.24. The molecule has 0 aliphatic rings. The second-order valence-electron chi connectivity index (χ2n) is 3.44. The van der Waals surface area contributed by atoms with Gasteiger partial charge in [-0.2, -0.15) is 0 Å². The molecule has 1 heterocycles. The zero-order valence-electron chi connectivity index (χ0n) is 8.05. The highest BCUT2D eigenvalue weighted by atomic mass is 16.5. The fraction of sp³-hybridized carbons (Fsp3) is 0. The lowest BCUT2D eigenvalue weighted by Gasteiger charge is -1.99. The molecule has 3 rings (SSSR count). The minimum Gasteiger partial charge on any atom is -0.356 e. The number of hydrogen-bond acceptors (Lipinski definition) is 2. The van der Waals surface area contributed by atoms with Crippen LogP contribution < -0.4 is 0 Å². The van der Waals surface area contributed by atoms with Crippen LogP contribution in [0.3, 0.4) is 0 Å². The van der Waals surface area contributed by atoms with Gasteiger partial charge in [0.2, 0.25) is 0 Å². The first-order valence-electron chi connectivity index (χ1n) is 4.83. The first-order chi connectivity index (χ1) is 7.43. The molecule has 0 unspecified atom stereocenters. The molecule has 0 aliphatic carbocycles. The van der Waals surface area contributed by atoms with Crippen molar-refractivity contribution in [3.8, 4) is 11.3 Å². The average molecular weight is 195 g/mol. The van der Waals surface area contributed by atoms with E-state index in [9.17, 15) is 0 Å². The van der Waals surface area contributed by atoms with Gasteiger partial charge >= 0.3 is 0 Å². The lowest BCUT2D eigenvalue weighted by molar-refractivity contribution is 0.432. The topological polar surface area (TPSA) is 26.0 Å². The molecule has 0 spiro atoms. The summed E-state index contributed by atoms with van der Waals surface area (Å²) in [6.45, 7) is 0. The Morgan fingerprint density at radius 3 is 2.53 bits per heavy atom. The predicted octanol–water partition coefficient (Wildman–Crippen LogP) is 3.49. The predicted molar refractivity (Wildman–Crippen MR) is 59.4 cm³/mol. The molecular weight excluding hydrogens is 186 g/mol. The van der Waals surface area contributed by atoms with Crippen molar-refractivity contribution < 1.29 is 4.52 Å². The van der Waals surface area contributed by atoms with Crippen LogP contribution in [-0.2, 0) is 0 Å². The largest absolute Gasteiger partial charge is 0.356 e. The lowest BCUT2D eigenvalue weighted by Crippen LogP contribution is -1.75. The third-order valence-corrected chi connectivity index (χ3v) is 2.47. The third kappa shape index (κ3) is 1.40. The molecule has 72 valence electrons. The molecule has 0 aliphatic heterocycles. The Morgan fingerprint density at radius 2 is 1.73 bits per heavy atom. The maximum Gasteiger partial charge on any atom is 0.166 e. The Kier molecular flexibility index (Phi) is 1.78. The van der Waals surface area contributed by atoms with E-state index in [-0.39, 0.29) is 0 Å². The summed E-state index contributed by atoms with van der Waals surface area (Å²) in [7, 11) is 0. The summed E-state index contributed by atoms with van der Waals surface area (Å²) in [4.78, 5) is 0. The maximum absolute atomic E-state index is 5.12. The van der Waals surface area contributed by atoms with Crippen LogP contribution in [0.5, 0.6) is 0 Å². The van der Waals surface area contributed by atoms with E-state index in [0.717, 1.165) is 11.3 Å². The molecule has 0 saturated carbocycles. The quantitative estimate of drug-likeness (QED) is 0.594. The molecule has 0 bridgehead atoms. The summed E-state index contributed by atoms with van der Waals surface area (Å²) in [6.07, 6.45) is 1.66. The van der Waals surface area contributed by atoms with Crippen LogP contribution in [0.2, 0.25) is 0 Å². The first-order valence-corrected chi connectivity index (χ1v) is 4.83. The van der Waals surface area contributed by atoms with Crippen molar-refractivity contribution in [2.45, 2.75) is 0 Å². The summed E-state index contributed by atoms with van der Waals surface area (Å²) in [6, 6.07) is 16.4. The van der Waals surface area contributed by atoms with Gasteiger partial charge in [-0.3, -0.25) is 0 Å². The Labute approximate surface area is 87.1 Å². The SMILES string of the molecule is c1ccc2cc(-c3ccno3)ccc2c1. The molecule has 15 heavy (non-hydrogen) atoms. The van der Waals surface area contributed by atoms with E-state index in [1.165, 1.54) is 10.8 Å². The summed E-state index contributed by atoms with van der Waals surface area (Å²) in [5.41, 5.74) is 1.06. The smallest absolute Gasteiger partial charge is 0.166 e. The van der Waals surface area contributed by atoms with Gasteiger partial charge in [-0.05, 0) is 16.8 Å². The Hall–Kier alpha value is -2.09. The van der Waals surface area contributed by atoms with E-state index in [4.69, 9.17) is 4.52 Å². The zero-order valence-corrected chi connectivity index (χ0v) is 8.05. The molecule has 0 saturated heterocycles. The van der Waals surface area contributed by atoms with Gasteiger partial charge < -0.3 is 4.52 Å². The van der Waals surface area contributed by atoms with Crippen LogP contribution in [-0.4, -0.2) is 5.16 Å². The van der Waals surface area contributed by atoms with Gasteiger partial charge in [0.25, 0.3) is 0 Å². The normalized spacial score (nSPS) is 10.7. The highest BCUT2D eigenvalue weighted by molar-refractivity contribution is 5.86. The standard InChI is InChI=1S/C13H9NO/c1-2-4-11-9-12(6-5-10(11)3-1)13-7-8-14-15-13/h1-9H. The number of aromatic nitrogens is 1. The van der Waals surface area contributed by atoms with Crippen LogP contribution in [0.1, 0.15) is 0 Å². The Balaban J connectivity index is 2.22. The van der Waals surface area contributed by atoms with Crippen LogP contribution in [0.4, 0.5) is 0 Å². The van der Waals surface area contributed by atoms with Gasteiger partial charge in [0.15, 0.2) is 5.76 Å². The van der Waals surface area contributed by atoms with Crippen molar-refractivity contribution in [1.29, 1.82) is 0 Å². The molecule has 1 aromatic heterocycles. The van der Waals surface area contributed by atoms with Crippen molar-refractivity contribution in [3.05, 3.63) is 54.7 Å². The van der Waals surface area contributed by atoms with E-state index in [2.05, 4.69) is 29.4 Å². The van der Waals surface area contributed by atoms with Crippen LogP contribution in [0.25, 0.3) is 22.1 Å². The number of fused-ring (bicyclic) bond motifs is 1. The Morgan fingerprint density at radius 1 is 0.867 bits per heavy atom. The lowest BCUT2D eigenvalue weighted by atomic mass is 10.1. The van der Waals surface area contributed by atoms with Crippen molar-refractivity contribution in [2.24, 2.45) is 0 Å². The molecule has 2 aromatic carbocycles. The molecule has 2 nitrogen and oxygen atoms in total. The van der Waals surface area contributed by atoms with E-state index in [1.54, 1.807) is 6.20 Å². The molecular formula is C13H9NO. The Bertz CT molecular complexity index is 584. The summed E-state index contributed by atoms with van der Waals surface area (Å²) in [5, 5.41) is 6.15. The van der Waals surface area contributed by atoms with Crippen molar-refractivity contribution >= 4 is 10.8 Å². The van der Waals surface area contributed by atoms with Gasteiger partial charge in [-0.1, -0.05) is 41.6 Å². The van der Waals surface area contributed by atoms with Crippen molar-refractivity contribution in [3.63, 3.8) is 0 Å². The monoisotopic (exact) mass is 195 g/mol. The van der Waals surface area contributed by atoms with Crippen LogP contribution >= 0.6 is 0 Å². The minimum atomic E-state index is 0.806. The van der Waals surface area contributed by atoms with E-state index in [0.29, 0.717) is 0 Å². The number of benzene rings is 2. The maximum atomic E-state index is 5.12. The minimum absolute atomic E-state index is 0.806. The summed E-state index contributed by atoms with van der Waals surface area (Å²) < 4.78 is 5.12. The van der Waals surface area contributed by atoms with Crippen LogP contribution in [0, 0.1) is 0 Å². The van der Waals surface area contributed by atoms with E-state index < -0.39 is 0 Å². The average Bonchev–Trinajstić information content (AvgIpc) is 2.82. The second kappa shape index (κ2) is 3.24. The van der Waals surface area contributed by atoms with Gasteiger partial charge in [0, 0.05) is 11.6 Å². The van der Waals surface area contributed by atoms with Gasteiger partial charge in [-0.15, -0.1) is 0 Å². The van der Waals surface area contributed by atoms with Gasteiger partial charge in [0.05, 0.1) is 6.20 Å². The fourth-order valence-electron chi connectivity index (χ4n) is 1.71. The highest BCUT2D eigenvalue weighted by Gasteiger charge is 2.01. The third-order valence-electron chi connectivity index (χ3n) is 2.47. The molecule has 0 atom stereocenters. The summed E-state index contributed by atoms with van der Waals surface area (Å²) >= 11 is 0. The molecule has 2 heteroatoms. The molecule has 0 N–H and O–H groups in total. The number of rotatable bonds is 1. The van der Waals surface area contributed by atoms with Crippen molar-refractivity contribution in [1.82, 2.24) is 5.16 Å². The summed E-state index contributed by atoms with van der Waals surface area (Å²) in [5.74, 6) is 0.806. The highest BCUT2D eigenvalue weighted by Crippen LogP contribution is 2.23. The van der Waals surface area contributed by atoms with Gasteiger partial charge in [-0.25, -0.2) is 0 Å². The van der Waals surface area contributed by atoms with Crippen LogP contribution in [0.15, 0.2) is 59.3 Å². The van der Waals surface area contributed by atoms with Gasteiger partial charge in [0.1, 0.15) is 0 Å². The zero-order chi connectivity index (χ0) is 10.1. The molecule has 0 radical (unpaired) electrons. The fourth-order valence-corrected chi connectivity index (χ4v) is 1.71. The molecule has 3 aromatic rings. The van der Waals surface area contributed by atoms with Crippen molar-refractivity contribution in [2.75, 3.05) is 0 Å². The molecule has 0 amide bonds. The second-order valence-corrected chi connectivity index (χ2v) is 3.44. The van der Waals surface area contributed by atoms with E-state index >= 15 is 0 Å². The number of hydrogen-bond donors (Lipinski definition) is 0. The number of nitrogens with zero attached hydrogens (tertiary/aromatic N) is 1. The molecule has 0 fully saturated rings. The van der Waals surface area contributed by atoms with E-state index in [1.807, 2.05) is 24.3 Å².